The summed E-state index contributed by atoms with van der Waals surface area (Å²) in [5.74, 6) is 0.364. The van der Waals surface area contributed by atoms with Crippen LogP contribution in [-0.4, -0.2) is 10.9 Å². The molecule has 0 radical (unpaired) electrons. The van der Waals surface area contributed by atoms with Crippen molar-refractivity contribution in [3.8, 4) is 0 Å². The summed E-state index contributed by atoms with van der Waals surface area (Å²) in [5.41, 5.74) is 2.11. The minimum absolute atomic E-state index is 0. The van der Waals surface area contributed by atoms with E-state index in [1.165, 1.54) is 5.56 Å². The van der Waals surface area contributed by atoms with E-state index in [1.807, 2.05) is 31.2 Å². The molecule has 0 saturated carbocycles. The second kappa shape index (κ2) is 6.06. The van der Waals surface area contributed by atoms with E-state index in [9.17, 15) is 5.11 Å². The van der Waals surface area contributed by atoms with Crippen molar-refractivity contribution in [3.05, 3.63) is 35.4 Å². The zero-order valence-electron chi connectivity index (χ0n) is 7.45. The van der Waals surface area contributed by atoms with Crippen LogP contribution in [-0.2, 0) is 12.6 Å². The summed E-state index contributed by atoms with van der Waals surface area (Å²) in [7, 11) is 0. The van der Waals surface area contributed by atoms with Gasteiger partial charge >= 0.3 is 29.6 Å². The first kappa shape index (κ1) is 12.5. The Balaban J connectivity index is 0.00000121. The summed E-state index contributed by atoms with van der Waals surface area (Å²) in [6.45, 7) is 2.02. The number of aliphatic hydroxyl groups is 1. The van der Waals surface area contributed by atoms with Crippen LogP contribution in [0.25, 0.3) is 0 Å². The molecule has 1 aromatic rings. The summed E-state index contributed by atoms with van der Waals surface area (Å²) in [6.07, 6.45) is -0.481. The van der Waals surface area contributed by atoms with Crippen molar-refractivity contribution in [2.75, 3.05) is 5.75 Å². The molecule has 1 atom stereocenters. The van der Waals surface area contributed by atoms with Gasteiger partial charge in [-0.2, -0.15) is 0 Å². The van der Waals surface area contributed by atoms with Crippen LogP contribution < -0.4 is 29.6 Å². The fourth-order valence-corrected chi connectivity index (χ4v) is 1.08. The van der Waals surface area contributed by atoms with Gasteiger partial charge in [0.1, 0.15) is 0 Å². The Morgan fingerprint density at radius 3 is 2.25 bits per heavy atom. The molecule has 0 aliphatic heterocycles. The minimum atomic E-state index is -0.481. The average Bonchev–Trinajstić information content (AvgIpc) is 2.05. The van der Waals surface area contributed by atoms with E-state index in [-0.39, 0.29) is 29.6 Å². The molecule has 3 heteroatoms. The second-order valence-corrected chi connectivity index (χ2v) is 2.93. The third-order valence-corrected chi connectivity index (χ3v) is 1.94. The maximum Gasteiger partial charge on any atom is 1.00 e. The molecule has 1 N–H and O–H groups in total. The predicted octanol–water partition coefficient (Wildman–Crippen LogP) is -1.42. The van der Waals surface area contributed by atoms with Crippen molar-refractivity contribution < 1.29 is 34.7 Å². The van der Waals surface area contributed by atoms with Crippen LogP contribution in [0.5, 0.6) is 0 Å². The first-order valence-corrected chi connectivity index (χ1v) is 4.14. The quantitative estimate of drug-likeness (QED) is 0.456. The van der Waals surface area contributed by atoms with E-state index >= 15 is 0 Å². The Bertz CT molecular complexity index is 222. The van der Waals surface area contributed by atoms with Gasteiger partial charge in [0.05, 0.1) is 6.10 Å². The maximum absolute atomic E-state index is 9.32. The number of hydrogen-bond acceptors (Lipinski definition) is 2. The van der Waals surface area contributed by atoms with E-state index in [0.29, 0.717) is 5.75 Å². The molecule has 0 aliphatic carbocycles. The molecule has 0 saturated heterocycles. The average molecular weight is 190 g/mol. The number of benzene rings is 1. The molecule has 0 spiro atoms. The molecule has 0 aromatic heterocycles. The number of aliphatic hydroxyl groups excluding tert-OH is 1. The SMILES string of the molecule is Cc1ccc(C(O)C[S-])cc1.[Na+]. The summed E-state index contributed by atoms with van der Waals surface area (Å²) >= 11 is 4.74. The van der Waals surface area contributed by atoms with E-state index in [0.717, 1.165) is 5.56 Å². The molecule has 12 heavy (non-hydrogen) atoms. The summed E-state index contributed by atoms with van der Waals surface area (Å²) < 4.78 is 0. The van der Waals surface area contributed by atoms with Crippen LogP contribution in [0.15, 0.2) is 24.3 Å². The molecule has 0 fully saturated rings. The third kappa shape index (κ3) is 3.50. The Morgan fingerprint density at radius 1 is 1.33 bits per heavy atom. The largest absolute Gasteiger partial charge is 1.00 e. The molecule has 1 rings (SSSR count). The topological polar surface area (TPSA) is 20.2 Å². The van der Waals surface area contributed by atoms with Gasteiger partial charge < -0.3 is 17.7 Å². The fourth-order valence-electron chi connectivity index (χ4n) is 0.885. The molecule has 1 aromatic carbocycles. The molecule has 0 heterocycles. The standard InChI is InChI=1S/C9H12OS.Na/c1-7-2-4-8(5-3-7)9(10)6-11;/h2-5,9-11H,6H2,1H3;/q;+1/p-1. The molecule has 60 valence electrons. The van der Waals surface area contributed by atoms with Gasteiger partial charge in [0.15, 0.2) is 0 Å². The second-order valence-electron chi connectivity index (χ2n) is 2.59. The molecule has 0 amide bonds. The third-order valence-electron chi connectivity index (χ3n) is 1.62. The van der Waals surface area contributed by atoms with Crippen molar-refractivity contribution in [2.24, 2.45) is 0 Å². The van der Waals surface area contributed by atoms with Crippen molar-refractivity contribution in [2.45, 2.75) is 13.0 Å². The molecule has 1 nitrogen and oxygen atoms in total. The molecule has 1 unspecified atom stereocenters. The van der Waals surface area contributed by atoms with Crippen LogP contribution in [0.4, 0.5) is 0 Å². The first-order valence-electron chi connectivity index (χ1n) is 3.57. The van der Waals surface area contributed by atoms with Crippen molar-refractivity contribution >= 4 is 12.6 Å². The summed E-state index contributed by atoms with van der Waals surface area (Å²) in [6, 6.07) is 7.77. The smallest absolute Gasteiger partial charge is 0.790 e. The minimum Gasteiger partial charge on any atom is -0.790 e. The zero-order valence-corrected chi connectivity index (χ0v) is 10.3. The van der Waals surface area contributed by atoms with Gasteiger partial charge in [0.2, 0.25) is 0 Å². The zero-order chi connectivity index (χ0) is 8.27. The number of aryl methyl sites for hydroxylation is 1. The summed E-state index contributed by atoms with van der Waals surface area (Å²) in [4.78, 5) is 0. The van der Waals surface area contributed by atoms with Crippen molar-refractivity contribution in [3.63, 3.8) is 0 Å². The van der Waals surface area contributed by atoms with Gasteiger partial charge in [-0.25, -0.2) is 0 Å². The van der Waals surface area contributed by atoms with E-state index in [2.05, 4.69) is 0 Å². The predicted molar refractivity (Wildman–Crippen MR) is 48.4 cm³/mol. The van der Waals surface area contributed by atoms with Gasteiger partial charge in [-0.05, 0) is 12.5 Å². The van der Waals surface area contributed by atoms with Crippen LogP contribution in [0.1, 0.15) is 17.2 Å². The number of hydrogen-bond donors (Lipinski definition) is 1. The summed E-state index contributed by atoms with van der Waals surface area (Å²) in [5, 5.41) is 9.32. The van der Waals surface area contributed by atoms with Gasteiger partial charge in [0.25, 0.3) is 0 Å². The van der Waals surface area contributed by atoms with Gasteiger partial charge in [0, 0.05) is 0 Å². The molecule has 0 bridgehead atoms. The normalized spacial score (nSPS) is 11.9. The van der Waals surface area contributed by atoms with Crippen molar-refractivity contribution in [1.82, 2.24) is 0 Å². The van der Waals surface area contributed by atoms with Crippen LogP contribution in [0.2, 0.25) is 0 Å². The van der Waals surface area contributed by atoms with Gasteiger partial charge in [-0.1, -0.05) is 29.8 Å². The van der Waals surface area contributed by atoms with Crippen LogP contribution in [0, 0.1) is 6.92 Å². The van der Waals surface area contributed by atoms with Gasteiger partial charge in [-0.15, -0.1) is 5.75 Å². The van der Waals surface area contributed by atoms with E-state index in [1.54, 1.807) is 0 Å². The maximum atomic E-state index is 9.32. The Kier molecular flexibility index (Phi) is 6.32. The van der Waals surface area contributed by atoms with E-state index < -0.39 is 6.10 Å². The Labute approximate surface area is 101 Å². The fraction of sp³-hybridized carbons (Fsp3) is 0.333. The Morgan fingerprint density at radius 2 is 1.83 bits per heavy atom. The van der Waals surface area contributed by atoms with E-state index in [4.69, 9.17) is 12.6 Å². The molecular weight excluding hydrogens is 179 g/mol. The van der Waals surface area contributed by atoms with Crippen LogP contribution in [0.3, 0.4) is 0 Å². The van der Waals surface area contributed by atoms with Gasteiger partial charge in [-0.3, -0.25) is 0 Å². The monoisotopic (exact) mass is 190 g/mol. The molecule has 0 aliphatic rings. The van der Waals surface area contributed by atoms with Crippen molar-refractivity contribution in [1.29, 1.82) is 0 Å². The molecular formula is C9H11NaOS. The first-order chi connectivity index (χ1) is 5.24. The Hall–Kier alpha value is 0.530. The van der Waals surface area contributed by atoms with Crippen LogP contribution >= 0.6 is 0 Å². The number of rotatable bonds is 2.